The summed E-state index contributed by atoms with van der Waals surface area (Å²) in [5.41, 5.74) is 0.187. The number of urea groups is 1. The molecule has 12 nitrogen and oxygen atoms in total. The third kappa shape index (κ3) is 6.87. The lowest BCUT2D eigenvalue weighted by molar-refractivity contribution is 0.0151. The Morgan fingerprint density at radius 2 is 1.48 bits per heavy atom. The summed E-state index contributed by atoms with van der Waals surface area (Å²) in [5, 5.41) is 2.95. The summed E-state index contributed by atoms with van der Waals surface area (Å²) in [4.78, 5) is 61.9. The van der Waals surface area contributed by atoms with Gasteiger partial charge in [0.25, 0.3) is 11.8 Å². The molecule has 0 unspecified atom stereocenters. The number of hydrogen-bond acceptors (Lipinski definition) is 6. The third-order valence-corrected chi connectivity index (χ3v) is 7.68. The van der Waals surface area contributed by atoms with Crippen LogP contribution in [-0.4, -0.2) is 111 Å². The van der Waals surface area contributed by atoms with Gasteiger partial charge in [0.15, 0.2) is 5.82 Å². The van der Waals surface area contributed by atoms with Gasteiger partial charge in [-0.15, -0.1) is 0 Å². The molecule has 1 N–H and O–H groups in total. The summed E-state index contributed by atoms with van der Waals surface area (Å²) in [5.74, 6) is -0.426. The van der Waals surface area contributed by atoms with Crippen LogP contribution in [0.15, 0.2) is 29.0 Å². The molecule has 2 aromatic rings. The molecule has 0 spiro atoms. The largest absolute Gasteiger partial charge is 0.444 e. The number of imidazole rings is 1. The zero-order chi connectivity index (χ0) is 29.2. The van der Waals surface area contributed by atoms with Crippen LogP contribution in [0.1, 0.15) is 41.7 Å². The molecule has 1 aromatic carbocycles. The van der Waals surface area contributed by atoms with Gasteiger partial charge in [0.2, 0.25) is 0 Å². The molecular weight excluding hydrogens is 606 g/mol. The van der Waals surface area contributed by atoms with E-state index in [0.29, 0.717) is 68.2 Å². The van der Waals surface area contributed by atoms with E-state index in [0.717, 1.165) is 0 Å². The Kier molecular flexibility index (Phi) is 8.93. The fraction of sp³-hybridized carbons (Fsp3) is 0.500. The second-order valence-corrected chi connectivity index (χ2v) is 11.8. The summed E-state index contributed by atoms with van der Waals surface area (Å²) in [7, 11) is 1.71. The Bertz CT molecular complexity index is 1290. The number of nitrogens with zero attached hydrogens (tertiary/aromatic N) is 6. The molecule has 2 aliphatic heterocycles. The molecular formula is C26H33BrClN7O5. The second kappa shape index (κ2) is 12.0. The Morgan fingerprint density at radius 1 is 0.925 bits per heavy atom. The van der Waals surface area contributed by atoms with Gasteiger partial charge in [0.1, 0.15) is 10.2 Å². The van der Waals surface area contributed by atoms with E-state index in [4.69, 9.17) is 16.3 Å². The van der Waals surface area contributed by atoms with E-state index in [9.17, 15) is 19.2 Å². The SMILES string of the molecule is Cn1c(Br)cnc1C(=O)Nc1ccc(C(=O)N2CCN(C(=O)N3CCN(C(=O)OC(C)(C)C)CC3)CC2)c(Cl)c1. The zero-order valence-electron chi connectivity index (χ0n) is 22.9. The number of rotatable bonds is 3. The molecule has 2 fully saturated rings. The first-order valence-electron chi connectivity index (χ1n) is 12.9. The fourth-order valence-corrected chi connectivity index (χ4v) is 4.96. The average Bonchev–Trinajstić information content (AvgIpc) is 3.25. The number of halogens is 2. The van der Waals surface area contributed by atoms with Gasteiger partial charge < -0.3 is 34.2 Å². The molecule has 0 saturated carbocycles. The normalized spacial score (nSPS) is 16.1. The quantitative estimate of drug-likeness (QED) is 0.550. The van der Waals surface area contributed by atoms with Gasteiger partial charge in [-0.2, -0.15) is 0 Å². The van der Waals surface area contributed by atoms with Crippen LogP contribution in [0.25, 0.3) is 0 Å². The fourth-order valence-electron chi connectivity index (χ4n) is 4.43. The predicted molar refractivity (Wildman–Crippen MR) is 153 cm³/mol. The van der Waals surface area contributed by atoms with Crippen molar-refractivity contribution in [2.45, 2.75) is 26.4 Å². The van der Waals surface area contributed by atoms with Crippen molar-refractivity contribution in [2.75, 3.05) is 57.7 Å². The van der Waals surface area contributed by atoms with Crippen molar-refractivity contribution in [1.29, 1.82) is 0 Å². The molecule has 0 bridgehead atoms. The maximum absolute atomic E-state index is 13.2. The number of carbonyl (C=O) groups excluding carboxylic acids is 4. The minimum Gasteiger partial charge on any atom is -0.444 e. The minimum atomic E-state index is -0.568. The van der Waals surface area contributed by atoms with Gasteiger partial charge in [-0.05, 0) is 54.9 Å². The number of aromatic nitrogens is 2. The summed E-state index contributed by atoms with van der Waals surface area (Å²) in [6.45, 7) is 8.65. The average molecular weight is 639 g/mol. The Hall–Kier alpha value is -3.32. The molecule has 216 valence electrons. The van der Waals surface area contributed by atoms with E-state index in [1.54, 1.807) is 43.3 Å². The molecule has 0 aliphatic carbocycles. The molecule has 0 radical (unpaired) electrons. The van der Waals surface area contributed by atoms with Crippen LogP contribution in [0.3, 0.4) is 0 Å². The maximum Gasteiger partial charge on any atom is 0.410 e. The van der Waals surface area contributed by atoms with Crippen molar-refractivity contribution >= 4 is 57.2 Å². The number of ether oxygens (including phenoxy) is 1. The van der Waals surface area contributed by atoms with Crippen molar-refractivity contribution in [1.82, 2.24) is 29.2 Å². The topological polar surface area (TPSA) is 120 Å². The molecule has 1 aromatic heterocycles. The van der Waals surface area contributed by atoms with Gasteiger partial charge in [0.05, 0.1) is 16.8 Å². The highest BCUT2D eigenvalue weighted by Gasteiger charge is 2.32. The van der Waals surface area contributed by atoms with Crippen LogP contribution < -0.4 is 5.32 Å². The molecule has 3 heterocycles. The first kappa shape index (κ1) is 29.7. The van der Waals surface area contributed by atoms with E-state index in [2.05, 4.69) is 26.2 Å². The van der Waals surface area contributed by atoms with E-state index in [-0.39, 0.29) is 28.9 Å². The first-order chi connectivity index (χ1) is 18.8. The predicted octanol–water partition coefficient (Wildman–Crippen LogP) is 3.52. The lowest BCUT2D eigenvalue weighted by atomic mass is 10.1. The first-order valence-corrected chi connectivity index (χ1v) is 14.1. The molecule has 2 aliphatic rings. The Labute approximate surface area is 246 Å². The summed E-state index contributed by atoms with van der Waals surface area (Å²) in [6.07, 6.45) is 1.16. The molecule has 14 heteroatoms. The number of anilines is 1. The van der Waals surface area contributed by atoms with Crippen molar-refractivity contribution in [2.24, 2.45) is 7.05 Å². The molecule has 4 rings (SSSR count). The summed E-state index contributed by atoms with van der Waals surface area (Å²) in [6, 6.07) is 4.62. The Balaban J connectivity index is 1.27. The van der Waals surface area contributed by atoms with E-state index in [1.165, 1.54) is 12.3 Å². The number of piperazine rings is 2. The number of amides is 5. The van der Waals surface area contributed by atoms with Crippen LogP contribution in [0, 0.1) is 0 Å². The zero-order valence-corrected chi connectivity index (χ0v) is 25.3. The van der Waals surface area contributed by atoms with Crippen molar-refractivity contribution in [3.8, 4) is 0 Å². The van der Waals surface area contributed by atoms with Crippen LogP contribution in [0.5, 0.6) is 0 Å². The number of nitrogens with one attached hydrogen (secondary N) is 1. The number of carbonyl (C=O) groups is 4. The van der Waals surface area contributed by atoms with Crippen LogP contribution >= 0.6 is 27.5 Å². The molecule has 40 heavy (non-hydrogen) atoms. The summed E-state index contributed by atoms with van der Waals surface area (Å²) >= 11 is 9.73. The third-order valence-electron chi connectivity index (χ3n) is 6.63. The highest BCUT2D eigenvalue weighted by atomic mass is 79.9. The lowest BCUT2D eigenvalue weighted by Crippen LogP contribution is -2.58. The highest BCUT2D eigenvalue weighted by molar-refractivity contribution is 9.10. The van der Waals surface area contributed by atoms with E-state index in [1.807, 2.05) is 20.8 Å². The van der Waals surface area contributed by atoms with Gasteiger partial charge in [-0.3, -0.25) is 9.59 Å². The van der Waals surface area contributed by atoms with Crippen molar-refractivity contribution < 1.29 is 23.9 Å². The lowest BCUT2D eigenvalue weighted by Gasteiger charge is -2.40. The van der Waals surface area contributed by atoms with Gasteiger partial charge in [-0.25, -0.2) is 14.6 Å². The summed E-state index contributed by atoms with van der Waals surface area (Å²) < 4.78 is 7.68. The van der Waals surface area contributed by atoms with Crippen LogP contribution in [-0.2, 0) is 11.8 Å². The van der Waals surface area contributed by atoms with Crippen molar-refractivity contribution in [3.05, 3.63) is 45.4 Å². The molecule has 2 saturated heterocycles. The van der Waals surface area contributed by atoms with E-state index >= 15 is 0 Å². The van der Waals surface area contributed by atoms with Crippen LogP contribution in [0.4, 0.5) is 15.3 Å². The second-order valence-electron chi connectivity index (χ2n) is 10.6. The molecule has 0 atom stereocenters. The van der Waals surface area contributed by atoms with Crippen molar-refractivity contribution in [3.63, 3.8) is 0 Å². The van der Waals surface area contributed by atoms with Gasteiger partial charge >= 0.3 is 12.1 Å². The van der Waals surface area contributed by atoms with E-state index < -0.39 is 11.5 Å². The standard InChI is InChI=1S/C26H33BrClN7O5/c1-26(2,3)40-25(39)35-13-11-34(12-14-35)24(38)33-9-7-32(8-10-33)23(37)18-6-5-17(15-19(18)28)30-22(36)21-29-16-20(27)31(21)4/h5-6,15-16H,7-14H2,1-4H3,(H,30,36). The molecule has 5 amide bonds. The highest BCUT2D eigenvalue weighted by Crippen LogP contribution is 2.24. The monoisotopic (exact) mass is 637 g/mol. The number of hydrogen-bond donors (Lipinski definition) is 1. The van der Waals surface area contributed by atoms with Gasteiger partial charge in [-0.1, -0.05) is 11.6 Å². The smallest absolute Gasteiger partial charge is 0.410 e. The minimum absolute atomic E-state index is 0.103. The maximum atomic E-state index is 13.2. The van der Waals surface area contributed by atoms with Gasteiger partial charge in [0, 0.05) is 65.1 Å². The Morgan fingerprint density at radius 3 is 1.98 bits per heavy atom. The number of benzene rings is 1. The van der Waals surface area contributed by atoms with Crippen LogP contribution in [0.2, 0.25) is 5.02 Å².